The molecule has 0 bridgehead atoms. The zero-order valence-electron chi connectivity index (χ0n) is 2.69. The van der Waals surface area contributed by atoms with Crippen LogP contribution < -0.4 is 0 Å². The van der Waals surface area contributed by atoms with Crippen LogP contribution in [0.2, 0.25) is 0 Å². The summed E-state index contributed by atoms with van der Waals surface area (Å²) in [6, 6.07) is 0. The van der Waals surface area contributed by atoms with E-state index in [-0.39, 0.29) is 12.4 Å². The Hall–Kier alpha value is 0.0949. The Bertz CT molecular complexity index is 13.5. The van der Waals surface area contributed by atoms with Crippen LogP contribution in [-0.4, -0.2) is 7.85 Å². The van der Waals surface area contributed by atoms with Crippen molar-refractivity contribution in [3.63, 3.8) is 0 Å². The molecule has 0 aromatic carbocycles. The largest absolute Gasteiger partial charge is 0.147 e. The second kappa shape index (κ2) is 11.3. The molecule has 24 valence electrons. The predicted octanol–water partition coefficient (Wildman–Crippen LogP) is 0.185. The van der Waals surface area contributed by atoms with Gasteiger partial charge in [-0.3, -0.25) is 0 Å². The number of hydrogen-bond donors (Lipinski definition) is 0. The zero-order chi connectivity index (χ0) is 2.71. The molecule has 2 heteroatoms. The molecule has 0 aromatic heterocycles. The van der Waals surface area contributed by atoms with E-state index in [1.807, 2.05) is 7.85 Å². The summed E-state index contributed by atoms with van der Waals surface area (Å²) < 4.78 is 0. The highest BCUT2D eigenvalue weighted by Gasteiger charge is 1.19. The van der Waals surface area contributed by atoms with Gasteiger partial charge in [-0.2, -0.15) is 0 Å². The summed E-state index contributed by atoms with van der Waals surface area (Å²) >= 11 is 0. The second-order valence-electron chi connectivity index (χ2n) is 0.408. The Morgan fingerprint density at radius 3 is 1.75 bits per heavy atom. The summed E-state index contributed by atoms with van der Waals surface area (Å²) in [5.41, 5.74) is 0. The highest BCUT2D eigenvalue weighted by molar-refractivity contribution is 6.16. The summed E-state index contributed by atoms with van der Waals surface area (Å²) in [5, 5.41) is 0. The van der Waals surface area contributed by atoms with Crippen molar-refractivity contribution in [2.75, 3.05) is 0 Å². The first-order valence-corrected chi connectivity index (χ1v) is 0.986. The highest BCUT2D eigenvalue weighted by atomic mass is 35.5. The third kappa shape index (κ3) is 279. The lowest BCUT2D eigenvalue weighted by atomic mass is 10.2. The Kier molecular flexibility index (Phi) is 25.3. The van der Waals surface area contributed by atoms with E-state index in [0.29, 0.717) is 0 Å². The van der Waals surface area contributed by atoms with E-state index in [9.17, 15) is 0 Å². The van der Waals surface area contributed by atoms with Crippen molar-refractivity contribution in [2.24, 2.45) is 0 Å². The van der Waals surface area contributed by atoms with Crippen LogP contribution in [0.15, 0.2) is 12.6 Å². The molecule has 0 atom stereocenters. The first-order valence-electron chi connectivity index (χ1n) is 0.986. The first-order chi connectivity index (χ1) is 1.41. The Morgan fingerprint density at radius 1 is 1.75 bits per heavy atom. The third-order valence-electron chi connectivity index (χ3n) is 0. The van der Waals surface area contributed by atoms with Crippen LogP contribution in [0.1, 0.15) is 0 Å². The maximum Gasteiger partial charge on any atom is 0.128 e. The van der Waals surface area contributed by atoms with E-state index >= 15 is 0 Å². The van der Waals surface area contributed by atoms with E-state index in [2.05, 4.69) is 6.58 Å². The van der Waals surface area contributed by atoms with E-state index < -0.39 is 0 Å². The van der Waals surface area contributed by atoms with Gasteiger partial charge >= 0.3 is 0 Å². The van der Waals surface area contributed by atoms with Crippen LogP contribution >= 0.6 is 12.4 Å². The molecule has 0 aliphatic heterocycles. The molecule has 0 amide bonds. The van der Waals surface area contributed by atoms with Gasteiger partial charge in [0.25, 0.3) is 0 Å². The smallest absolute Gasteiger partial charge is 0.128 e. The van der Waals surface area contributed by atoms with Crippen LogP contribution in [0.25, 0.3) is 0 Å². The maximum absolute atomic E-state index is 3.36. The zero-order valence-corrected chi connectivity index (χ0v) is 3.51. The summed E-state index contributed by atoms with van der Waals surface area (Å²) in [6.45, 7) is 3.36. The fourth-order valence-electron chi connectivity index (χ4n) is 0. The molecule has 0 fully saturated rings. The van der Waals surface area contributed by atoms with Crippen molar-refractivity contribution in [3.8, 4) is 0 Å². The molecule has 0 saturated carbocycles. The molecular weight excluding hydrogens is 70.3 g/mol. The van der Waals surface area contributed by atoms with Gasteiger partial charge in [-0.05, 0) is 0 Å². The third-order valence-corrected chi connectivity index (χ3v) is 0. The standard InChI is InChI=1S/C2H5B.ClH/c1-2-3;/h2H,1,3H2;1H. The van der Waals surface area contributed by atoms with Crippen molar-refractivity contribution in [2.45, 2.75) is 0 Å². The monoisotopic (exact) mass is 76.0 g/mol. The molecular formula is C2H6BCl. The summed E-state index contributed by atoms with van der Waals surface area (Å²) in [5.74, 6) is 1.75. The summed E-state index contributed by atoms with van der Waals surface area (Å²) in [7, 11) is 1.89. The SMILES string of the molecule is BC=C.Cl. The highest BCUT2D eigenvalue weighted by Crippen LogP contribution is 1.24. The van der Waals surface area contributed by atoms with Crippen LogP contribution in [0.3, 0.4) is 0 Å². The maximum atomic E-state index is 3.36. The molecule has 0 spiro atoms. The van der Waals surface area contributed by atoms with Crippen LogP contribution in [0.4, 0.5) is 0 Å². The molecule has 0 aromatic rings. The van der Waals surface area contributed by atoms with Gasteiger partial charge in [0.15, 0.2) is 0 Å². The average Bonchev–Trinajstić information content (AvgIpc) is 0.918. The quantitative estimate of drug-likeness (QED) is 0.361. The topological polar surface area (TPSA) is 0 Å². The lowest BCUT2D eigenvalue weighted by molar-refractivity contribution is 2.63. The van der Waals surface area contributed by atoms with Gasteiger partial charge < -0.3 is 0 Å². The van der Waals surface area contributed by atoms with E-state index in [1.165, 1.54) is 0 Å². The van der Waals surface area contributed by atoms with Crippen molar-refractivity contribution < 1.29 is 0 Å². The van der Waals surface area contributed by atoms with Gasteiger partial charge in [0, 0.05) is 0 Å². The second-order valence-corrected chi connectivity index (χ2v) is 0.408. The average molecular weight is 76.3 g/mol. The lowest BCUT2D eigenvalue weighted by Gasteiger charge is -1.27. The van der Waals surface area contributed by atoms with Crippen LogP contribution in [-0.2, 0) is 0 Å². The lowest BCUT2D eigenvalue weighted by Crippen LogP contribution is -1.29. The molecule has 0 nitrogen and oxygen atoms in total. The predicted molar refractivity (Wildman–Crippen MR) is 26.0 cm³/mol. The molecule has 0 aliphatic rings. The molecule has 0 unspecified atom stereocenters. The van der Waals surface area contributed by atoms with E-state index in [4.69, 9.17) is 0 Å². The number of halogens is 1. The molecule has 0 N–H and O–H groups in total. The Balaban J connectivity index is 0. The molecule has 0 radical (unpaired) electrons. The Labute approximate surface area is 33.7 Å². The van der Waals surface area contributed by atoms with E-state index in [0.717, 1.165) is 0 Å². The minimum absolute atomic E-state index is 0. The van der Waals surface area contributed by atoms with Crippen molar-refractivity contribution in [1.82, 2.24) is 0 Å². The first kappa shape index (κ1) is 8.94. The normalized spacial score (nSPS) is 3.00. The van der Waals surface area contributed by atoms with Gasteiger partial charge in [-0.15, -0.1) is 25.0 Å². The minimum atomic E-state index is 0. The van der Waals surface area contributed by atoms with Gasteiger partial charge in [0.05, 0.1) is 0 Å². The number of hydrogen-bond acceptors (Lipinski definition) is 0. The van der Waals surface area contributed by atoms with Gasteiger partial charge in [-0.25, -0.2) is 0 Å². The molecule has 0 saturated heterocycles. The summed E-state index contributed by atoms with van der Waals surface area (Å²) in [6.07, 6.45) is 0. The number of rotatable bonds is 0. The van der Waals surface area contributed by atoms with Crippen LogP contribution in [0, 0.1) is 0 Å². The van der Waals surface area contributed by atoms with Crippen LogP contribution in [0.5, 0.6) is 0 Å². The van der Waals surface area contributed by atoms with Gasteiger partial charge in [-0.1, -0.05) is 0 Å². The Morgan fingerprint density at radius 2 is 1.75 bits per heavy atom. The summed E-state index contributed by atoms with van der Waals surface area (Å²) in [4.78, 5) is 0. The molecule has 0 rings (SSSR count). The molecule has 0 aliphatic carbocycles. The van der Waals surface area contributed by atoms with Crippen molar-refractivity contribution in [3.05, 3.63) is 12.6 Å². The fraction of sp³-hybridized carbons (Fsp3) is 0. The molecule has 4 heavy (non-hydrogen) atoms. The van der Waals surface area contributed by atoms with E-state index in [1.54, 1.807) is 5.98 Å². The van der Waals surface area contributed by atoms with Gasteiger partial charge in [0.1, 0.15) is 7.85 Å². The fourth-order valence-corrected chi connectivity index (χ4v) is 0. The molecule has 0 heterocycles. The van der Waals surface area contributed by atoms with Crippen molar-refractivity contribution >= 4 is 20.3 Å². The minimum Gasteiger partial charge on any atom is -0.147 e. The van der Waals surface area contributed by atoms with Gasteiger partial charge in [0.2, 0.25) is 0 Å². The van der Waals surface area contributed by atoms with Crippen molar-refractivity contribution in [1.29, 1.82) is 0 Å².